The maximum atomic E-state index is 11.5. The summed E-state index contributed by atoms with van der Waals surface area (Å²) in [6, 6.07) is 5.36. The largest absolute Gasteiger partial charge is 0.492 e. The number of ether oxygens (including phenoxy) is 1. The molecule has 6 heteroatoms. The lowest BCUT2D eigenvalue weighted by Crippen LogP contribution is -2.35. The Morgan fingerprint density at radius 3 is 2.52 bits per heavy atom. The minimum absolute atomic E-state index is 0.0227. The Bertz CT molecular complexity index is 565. The van der Waals surface area contributed by atoms with Crippen molar-refractivity contribution < 1.29 is 13.2 Å². The van der Waals surface area contributed by atoms with Gasteiger partial charge >= 0.3 is 0 Å². The van der Waals surface area contributed by atoms with E-state index in [4.69, 9.17) is 16.3 Å². The molecule has 0 atom stereocenters. The third-order valence-corrected chi connectivity index (χ3v) is 4.83. The normalized spacial score (nSPS) is 12.4. The van der Waals surface area contributed by atoms with Crippen molar-refractivity contribution in [1.82, 2.24) is 5.32 Å². The van der Waals surface area contributed by atoms with Crippen LogP contribution in [0.1, 0.15) is 33.3 Å². The Balaban J connectivity index is 2.73. The van der Waals surface area contributed by atoms with Crippen molar-refractivity contribution in [3.05, 3.63) is 28.8 Å². The molecular formula is C15H24ClNO3S. The molecule has 0 bridgehead atoms. The predicted molar refractivity (Wildman–Crippen MR) is 87.9 cm³/mol. The van der Waals surface area contributed by atoms with Gasteiger partial charge in [-0.05, 0) is 39.0 Å². The summed E-state index contributed by atoms with van der Waals surface area (Å²) in [5.74, 6) is 0.829. The van der Waals surface area contributed by atoms with Gasteiger partial charge in [0.15, 0.2) is 9.84 Å². The number of sulfone groups is 1. The topological polar surface area (TPSA) is 55.4 Å². The highest BCUT2D eigenvalue weighted by Crippen LogP contribution is 2.23. The standard InChI is InChI=1S/C15H24ClNO3S/c1-5-21(18,19)9-8-20-14-7-6-13(16)10-12(14)11-17-15(2,3)4/h6-7,10,17H,5,8-9,11H2,1-4H3. The summed E-state index contributed by atoms with van der Waals surface area (Å²) in [5.41, 5.74) is 0.900. The van der Waals surface area contributed by atoms with Gasteiger partial charge in [0, 0.05) is 28.4 Å². The van der Waals surface area contributed by atoms with Gasteiger partial charge in [0.2, 0.25) is 0 Å². The molecule has 0 aromatic heterocycles. The van der Waals surface area contributed by atoms with Crippen LogP contribution < -0.4 is 10.1 Å². The van der Waals surface area contributed by atoms with Gasteiger partial charge in [-0.15, -0.1) is 0 Å². The molecule has 0 saturated carbocycles. The van der Waals surface area contributed by atoms with E-state index in [-0.39, 0.29) is 23.7 Å². The minimum Gasteiger partial charge on any atom is -0.492 e. The average molecular weight is 334 g/mol. The van der Waals surface area contributed by atoms with Crippen LogP contribution in [-0.2, 0) is 16.4 Å². The molecule has 1 rings (SSSR count). The number of halogens is 1. The van der Waals surface area contributed by atoms with Gasteiger partial charge in [-0.25, -0.2) is 8.42 Å². The van der Waals surface area contributed by atoms with Gasteiger partial charge < -0.3 is 10.1 Å². The van der Waals surface area contributed by atoms with Crippen molar-refractivity contribution in [3.63, 3.8) is 0 Å². The molecular weight excluding hydrogens is 310 g/mol. The molecule has 0 spiro atoms. The van der Waals surface area contributed by atoms with Crippen LogP contribution in [0, 0.1) is 0 Å². The van der Waals surface area contributed by atoms with Crippen LogP contribution in [0.15, 0.2) is 18.2 Å². The number of nitrogens with one attached hydrogen (secondary N) is 1. The first-order valence-corrected chi connectivity index (χ1v) is 9.19. The van der Waals surface area contributed by atoms with Gasteiger partial charge in [0.25, 0.3) is 0 Å². The molecule has 0 aliphatic carbocycles. The molecule has 1 aromatic carbocycles. The quantitative estimate of drug-likeness (QED) is 0.833. The zero-order chi connectivity index (χ0) is 16.1. The fourth-order valence-corrected chi connectivity index (χ4v) is 2.43. The van der Waals surface area contributed by atoms with E-state index in [1.165, 1.54) is 0 Å². The fourth-order valence-electron chi connectivity index (χ4n) is 1.61. The first kappa shape index (κ1) is 18.3. The Hall–Kier alpha value is -0.780. The van der Waals surface area contributed by atoms with E-state index in [9.17, 15) is 8.42 Å². The Labute approximate surface area is 132 Å². The molecule has 0 saturated heterocycles. The highest BCUT2D eigenvalue weighted by atomic mass is 35.5. The zero-order valence-corrected chi connectivity index (χ0v) is 14.6. The second-order valence-electron chi connectivity index (χ2n) is 5.94. The van der Waals surface area contributed by atoms with E-state index in [1.54, 1.807) is 19.1 Å². The Morgan fingerprint density at radius 2 is 1.95 bits per heavy atom. The molecule has 21 heavy (non-hydrogen) atoms. The summed E-state index contributed by atoms with van der Waals surface area (Å²) in [4.78, 5) is 0. The number of hydrogen-bond donors (Lipinski definition) is 1. The third-order valence-electron chi connectivity index (χ3n) is 2.92. The Morgan fingerprint density at radius 1 is 1.29 bits per heavy atom. The van der Waals surface area contributed by atoms with E-state index >= 15 is 0 Å². The van der Waals surface area contributed by atoms with Crippen molar-refractivity contribution in [2.45, 2.75) is 39.8 Å². The van der Waals surface area contributed by atoms with Crippen LogP contribution >= 0.6 is 11.6 Å². The van der Waals surface area contributed by atoms with Crippen LogP contribution in [0.3, 0.4) is 0 Å². The maximum Gasteiger partial charge on any atom is 0.153 e. The molecule has 0 fully saturated rings. The second-order valence-corrected chi connectivity index (χ2v) is 8.85. The summed E-state index contributed by atoms with van der Waals surface area (Å²) in [6.07, 6.45) is 0. The minimum atomic E-state index is -3.01. The Kier molecular flexibility index (Phi) is 6.50. The molecule has 1 aromatic rings. The molecule has 120 valence electrons. The van der Waals surface area contributed by atoms with Gasteiger partial charge in [-0.2, -0.15) is 0 Å². The van der Waals surface area contributed by atoms with E-state index in [1.807, 2.05) is 6.07 Å². The highest BCUT2D eigenvalue weighted by molar-refractivity contribution is 7.91. The van der Waals surface area contributed by atoms with E-state index in [2.05, 4.69) is 26.1 Å². The van der Waals surface area contributed by atoms with E-state index in [0.717, 1.165) is 5.56 Å². The van der Waals surface area contributed by atoms with E-state index < -0.39 is 9.84 Å². The molecule has 0 aliphatic heterocycles. The SMILES string of the molecule is CCS(=O)(=O)CCOc1ccc(Cl)cc1CNC(C)(C)C. The van der Waals surface area contributed by atoms with Crippen LogP contribution in [0.5, 0.6) is 5.75 Å². The molecule has 0 heterocycles. The van der Waals surface area contributed by atoms with Crippen LogP contribution in [0.2, 0.25) is 5.02 Å². The van der Waals surface area contributed by atoms with Crippen molar-refractivity contribution >= 4 is 21.4 Å². The highest BCUT2D eigenvalue weighted by Gasteiger charge is 2.13. The van der Waals surface area contributed by atoms with Crippen molar-refractivity contribution in [3.8, 4) is 5.75 Å². The van der Waals surface area contributed by atoms with Gasteiger partial charge in [0.1, 0.15) is 12.4 Å². The molecule has 0 unspecified atom stereocenters. The van der Waals surface area contributed by atoms with Gasteiger partial charge in [-0.3, -0.25) is 0 Å². The molecule has 4 nitrogen and oxygen atoms in total. The summed E-state index contributed by atoms with van der Waals surface area (Å²) < 4.78 is 28.6. The summed E-state index contributed by atoms with van der Waals surface area (Å²) in [5, 5.41) is 4.00. The number of hydrogen-bond acceptors (Lipinski definition) is 4. The van der Waals surface area contributed by atoms with Crippen LogP contribution in [0.25, 0.3) is 0 Å². The maximum absolute atomic E-state index is 11.5. The lowest BCUT2D eigenvalue weighted by Gasteiger charge is -2.21. The molecule has 0 aliphatic rings. The first-order chi connectivity index (χ1) is 9.63. The van der Waals surface area contributed by atoms with Crippen molar-refractivity contribution in [2.75, 3.05) is 18.1 Å². The summed E-state index contributed by atoms with van der Waals surface area (Å²) in [7, 11) is -3.01. The lowest BCUT2D eigenvalue weighted by molar-refractivity contribution is 0.333. The van der Waals surface area contributed by atoms with Crippen LogP contribution in [-0.4, -0.2) is 32.1 Å². The van der Waals surface area contributed by atoms with Gasteiger partial charge in [-0.1, -0.05) is 18.5 Å². The lowest BCUT2D eigenvalue weighted by atomic mass is 10.1. The number of rotatable bonds is 7. The van der Waals surface area contributed by atoms with Crippen molar-refractivity contribution in [2.24, 2.45) is 0 Å². The summed E-state index contributed by atoms with van der Waals surface area (Å²) >= 11 is 6.02. The van der Waals surface area contributed by atoms with Crippen molar-refractivity contribution in [1.29, 1.82) is 0 Å². The number of benzene rings is 1. The monoisotopic (exact) mass is 333 g/mol. The predicted octanol–water partition coefficient (Wildman–Crippen LogP) is 3.04. The second kappa shape index (κ2) is 7.47. The first-order valence-electron chi connectivity index (χ1n) is 6.99. The molecule has 0 amide bonds. The average Bonchev–Trinajstić information content (AvgIpc) is 2.37. The fraction of sp³-hybridized carbons (Fsp3) is 0.600. The van der Waals surface area contributed by atoms with Gasteiger partial charge in [0.05, 0.1) is 5.75 Å². The van der Waals surface area contributed by atoms with Crippen LogP contribution in [0.4, 0.5) is 0 Å². The smallest absolute Gasteiger partial charge is 0.153 e. The molecule has 1 N–H and O–H groups in total. The summed E-state index contributed by atoms with van der Waals surface area (Å²) in [6.45, 7) is 8.63. The van der Waals surface area contributed by atoms with E-state index in [0.29, 0.717) is 17.3 Å². The molecule has 0 radical (unpaired) electrons. The third kappa shape index (κ3) is 7.16. The zero-order valence-electron chi connectivity index (χ0n) is 13.1.